The van der Waals surface area contributed by atoms with Crippen LogP contribution in [0.3, 0.4) is 0 Å². The smallest absolute Gasteiger partial charge is 0.349 e. The number of carbonyl (C=O) groups excluding carboxylic acids is 2. The molecule has 3 aromatic rings. The zero-order valence-corrected chi connectivity index (χ0v) is 23.6. The molecule has 0 bridgehead atoms. The van der Waals surface area contributed by atoms with E-state index in [-0.39, 0.29) is 11.9 Å². The first kappa shape index (κ1) is 27.7. The molecule has 1 aromatic carbocycles. The van der Waals surface area contributed by atoms with E-state index in [9.17, 15) is 9.59 Å². The lowest BCUT2D eigenvalue weighted by Gasteiger charge is -2.20. The molecule has 0 fully saturated rings. The molecule has 0 saturated heterocycles. The lowest BCUT2D eigenvalue weighted by Crippen LogP contribution is -2.24. The van der Waals surface area contributed by atoms with E-state index in [1.807, 2.05) is 69.9 Å². The number of ether oxygens (including phenoxy) is 4. The molecule has 4 rings (SSSR count). The number of thiophene rings is 1. The summed E-state index contributed by atoms with van der Waals surface area (Å²) in [4.78, 5) is 25.1. The van der Waals surface area contributed by atoms with Gasteiger partial charge in [-0.2, -0.15) is 5.10 Å². The van der Waals surface area contributed by atoms with E-state index < -0.39 is 5.60 Å². The van der Waals surface area contributed by atoms with E-state index in [0.29, 0.717) is 35.3 Å². The number of fused-ring (bicyclic) bond motifs is 3. The molecule has 0 aliphatic heterocycles. The van der Waals surface area contributed by atoms with Crippen molar-refractivity contribution in [3.8, 4) is 27.8 Å². The Labute approximate surface area is 227 Å². The van der Waals surface area contributed by atoms with Gasteiger partial charge in [0.2, 0.25) is 0 Å². The lowest BCUT2D eigenvalue weighted by atomic mass is 9.91. The minimum atomic E-state index is -0.585. The number of benzene rings is 1. The molecule has 2 heterocycles. The van der Waals surface area contributed by atoms with Gasteiger partial charge in [0.25, 0.3) is 0 Å². The van der Waals surface area contributed by atoms with E-state index >= 15 is 0 Å². The monoisotopic (exact) mass is 540 g/mol. The molecule has 1 aliphatic rings. The third-order valence-corrected chi connectivity index (χ3v) is 7.18. The van der Waals surface area contributed by atoms with Gasteiger partial charge in [-0.25, -0.2) is 4.79 Å². The van der Waals surface area contributed by atoms with Crippen LogP contribution >= 0.6 is 11.3 Å². The highest BCUT2D eigenvalue weighted by Gasteiger charge is 2.33. The minimum absolute atomic E-state index is 0.145. The Morgan fingerprint density at radius 2 is 1.79 bits per heavy atom. The zero-order valence-electron chi connectivity index (χ0n) is 22.8. The first-order valence-electron chi connectivity index (χ1n) is 13.1. The van der Waals surface area contributed by atoms with Gasteiger partial charge in [-0.1, -0.05) is 11.3 Å². The molecule has 0 atom stereocenters. The standard InChI is InChI=1S/C29H36N2O6S/c1-6-34-23(32)10-8-7-9-17-35-20-12-14-21(15-13-20)36-28-24-22(16-11-19-18-30-31(5)25(19)24)26(38-28)27(33)37-29(2,3)4/h12-15,18H,6-11,16-17H2,1-5H3. The van der Waals surface area contributed by atoms with Crippen molar-refractivity contribution in [2.45, 2.75) is 71.8 Å². The average Bonchev–Trinajstić information content (AvgIpc) is 3.42. The normalized spacial score (nSPS) is 12.4. The molecule has 0 saturated carbocycles. The molecular formula is C29H36N2O6S. The summed E-state index contributed by atoms with van der Waals surface area (Å²) in [6.45, 7) is 8.42. The summed E-state index contributed by atoms with van der Waals surface area (Å²) in [7, 11) is 1.91. The fraction of sp³-hybridized carbons (Fsp3) is 0.483. The number of unbranched alkanes of at least 4 members (excludes halogenated alkanes) is 2. The molecular weight excluding hydrogens is 504 g/mol. The molecule has 0 unspecified atom stereocenters. The van der Waals surface area contributed by atoms with Crippen molar-refractivity contribution in [2.24, 2.45) is 7.05 Å². The van der Waals surface area contributed by atoms with Crippen molar-refractivity contribution in [1.82, 2.24) is 9.78 Å². The number of rotatable bonds is 11. The fourth-order valence-corrected chi connectivity index (χ4v) is 5.51. The SMILES string of the molecule is CCOC(=O)CCCCCOc1ccc(Oc2sc(C(=O)OC(C)(C)C)c3c2-c2c(cnn2C)CC3)cc1. The van der Waals surface area contributed by atoms with Crippen molar-refractivity contribution in [2.75, 3.05) is 13.2 Å². The van der Waals surface area contributed by atoms with Crippen LogP contribution in [0.2, 0.25) is 0 Å². The van der Waals surface area contributed by atoms with E-state index in [1.165, 1.54) is 11.3 Å². The van der Waals surface area contributed by atoms with Crippen molar-refractivity contribution in [3.05, 3.63) is 46.5 Å². The van der Waals surface area contributed by atoms with Gasteiger partial charge in [-0.05, 0) is 95.2 Å². The molecule has 204 valence electrons. The Morgan fingerprint density at radius 3 is 2.50 bits per heavy atom. The van der Waals surface area contributed by atoms with Gasteiger partial charge < -0.3 is 18.9 Å². The predicted molar refractivity (Wildman–Crippen MR) is 146 cm³/mol. The van der Waals surface area contributed by atoms with Crippen molar-refractivity contribution in [3.63, 3.8) is 0 Å². The van der Waals surface area contributed by atoms with Crippen LogP contribution in [0.25, 0.3) is 11.3 Å². The van der Waals surface area contributed by atoms with Crippen LogP contribution in [0.1, 0.15) is 74.2 Å². The topological polar surface area (TPSA) is 88.9 Å². The van der Waals surface area contributed by atoms with E-state index in [2.05, 4.69) is 5.10 Å². The number of aromatic nitrogens is 2. The Balaban J connectivity index is 1.44. The summed E-state index contributed by atoms with van der Waals surface area (Å²) in [5.41, 5.74) is 3.41. The summed E-state index contributed by atoms with van der Waals surface area (Å²) in [5, 5.41) is 5.10. The highest BCUT2D eigenvalue weighted by molar-refractivity contribution is 7.16. The van der Waals surface area contributed by atoms with Crippen LogP contribution in [0.5, 0.6) is 16.6 Å². The minimum Gasteiger partial charge on any atom is -0.494 e. The molecule has 0 N–H and O–H groups in total. The maximum atomic E-state index is 13.1. The van der Waals surface area contributed by atoms with Crippen molar-refractivity contribution < 1.29 is 28.5 Å². The van der Waals surface area contributed by atoms with Crippen LogP contribution in [-0.4, -0.2) is 40.5 Å². The summed E-state index contributed by atoms with van der Waals surface area (Å²) >= 11 is 1.32. The molecule has 9 heteroatoms. The van der Waals surface area contributed by atoms with Gasteiger partial charge in [0.15, 0.2) is 5.06 Å². The molecule has 1 aliphatic carbocycles. The maximum Gasteiger partial charge on any atom is 0.349 e. The van der Waals surface area contributed by atoms with Crippen LogP contribution in [-0.2, 0) is 34.2 Å². The maximum absolute atomic E-state index is 13.1. The first-order valence-corrected chi connectivity index (χ1v) is 13.9. The number of nitrogens with zero attached hydrogens (tertiary/aromatic N) is 2. The fourth-order valence-electron chi connectivity index (χ4n) is 4.41. The summed E-state index contributed by atoms with van der Waals surface area (Å²) in [5.74, 6) is 0.930. The van der Waals surface area contributed by atoms with Crippen LogP contribution in [0, 0.1) is 0 Å². The Morgan fingerprint density at radius 1 is 1.05 bits per heavy atom. The van der Waals surface area contributed by atoms with Gasteiger partial charge in [-0.15, -0.1) is 0 Å². The van der Waals surface area contributed by atoms with Gasteiger partial charge >= 0.3 is 11.9 Å². The second kappa shape index (κ2) is 12.0. The van der Waals surface area contributed by atoms with E-state index in [1.54, 1.807) is 0 Å². The summed E-state index contributed by atoms with van der Waals surface area (Å²) in [6, 6.07) is 7.47. The third kappa shape index (κ3) is 6.75. The third-order valence-electron chi connectivity index (χ3n) is 6.09. The van der Waals surface area contributed by atoms with Crippen molar-refractivity contribution in [1.29, 1.82) is 0 Å². The molecule has 0 radical (unpaired) electrons. The van der Waals surface area contributed by atoms with Gasteiger partial charge in [0.1, 0.15) is 22.0 Å². The molecule has 38 heavy (non-hydrogen) atoms. The van der Waals surface area contributed by atoms with Crippen LogP contribution in [0.15, 0.2) is 30.5 Å². The van der Waals surface area contributed by atoms with Gasteiger partial charge in [-0.3, -0.25) is 9.48 Å². The Kier molecular flexibility index (Phi) is 8.76. The average molecular weight is 541 g/mol. The summed E-state index contributed by atoms with van der Waals surface area (Å²) < 4.78 is 24.7. The molecule has 2 aromatic heterocycles. The highest BCUT2D eigenvalue weighted by Crippen LogP contribution is 2.49. The number of hydrogen-bond donors (Lipinski definition) is 0. The van der Waals surface area contributed by atoms with Crippen LogP contribution in [0.4, 0.5) is 0 Å². The second-order valence-corrected chi connectivity index (χ2v) is 11.2. The largest absolute Gasteiger partial charge is 0.494 e. The second-order valence-electron chi connectivity index (χ2n) is 10.3. The number of aryl methyl sites for hydroxylation is 2. The number of hydrogen-bond acceptors (Lipinski definition) is 8. The van der Waals surface area contributed by atoms with Gasteiger partial charge in [0, 0.05) is 13.5 Å². The summed E-state index contributed by atoms with van der Waals surface area (Å²) in [6.07, 6.45) is 6.44. The molecule has 0 amide bonds. The zero-order chi connectivity index (χ0) is 27.3. The van der Waals surface area contributed by atoms with E-state index in [0.717, 1.165) is 60.2 Å². The van der Waals surface area contributed by atoms with Crippen molar-refractivity contribution >= 4 is 23.3 Å². The predicted octanol–water partition coefficient (Wildman–Crippen LogP) is 6.50. The quantitative estimate of drug-likeness (QED) is 0.203. The molecule has 8 nitrogen and oxygen atoms in total. The number of esters is 2. The Bertz CT molecular complexity index is 1270. The molecule has 0 spiro atoms. The lowest BCUT2D eigenvalue weighted by molar-refractivity contribution is -0.143. The van der Waals surface area contributed by atoms with E-state index in [4.69, 9.17) is 18.9 Å². The number of carbonyl (C=O) groups is 2. The highest BCUT2D eigenvalue weighted by atomic mass is 32.1. The van der Waals surface area contributed by atoms with Gasteiger partial charge in [0.05, 0.1) is 30.7 Å². The van der Waals surface area contributed by atoms with Crippen LogP contribution < -0.4 is 9.47 Å². The Hall–Kier alpha value is -3.33. The first-order chi connectivity index (χ1) is 18.2.